The molecule has 38 heavy (non-hydrogen) atoms. The van der Waals surface area contributed by atoms with E-state index in [1.807, 2.05) is 6.07 Å². The molecule has 1 saturated heterocycles. The lowest BCUT2D eigenvalue weighted by molar-refractivity contribution is -0.219. The number of esters is 1. The highest BCUT2D eigenvalue weighted by atomic mass is 28.3. The number of benzene rings is 1. The number of halogens is 1. The Balaban J connectivity index is 1.83. The third kappa shape index (κ3) is 5.43. The summed E-state index contributed by atoms with van der Waals surface area (Å²) in [5.74, 6) is -3.06. The van der Waals surface area contributed by atoms with Crippen molar-refractivity contribution in [3.05, 3.63) is 47.7 Å². The fourth-order valence-corrected chi connectivity index (χ4v) is 5.22. The van der Waals surface area contributed by atoms with Gasteiger partial charge in [-0.15, -0.1) is 0 Å². The van der Waals surface area contributed by atoms with E-state index in [1.54, 1.807) is 26.8 Å². The second-order valence-electron chi connectivity index (χ2n) is 10.3. The Morgan fingerprint density at radius 1 is 1.26 bits per heavy atom. The van der Waals surface area contributed by atoms with Gasteiger partial charge < -0.3 is 23.9 Å². The lowest BCUT2D eigenvalue weighted by atomic mass is 10.2. The number of rotatable bonds is 8. The van der Waals surface area contributed by atoms with Crippen LogP contribution in [0.4, 0.5) is 15.8 Å². The van der Waals surface area contributed by atoms with E-state index in [2.05, 4.69) is 29.9 Å². The molecule has 0 unspecified atom stereocenters. The minimum atomic E-state index is -1.76. The van der Waals surface area contributed by atoms with Crippen molar-refractivity contribution in [2.75, 3.05) is 25.6 Å². The summed E-state index contributed by atoms with van der Waals surface area (Å²) in [6.07, 6.45) is 1.83. The van der Waals surface area contributed by atoms with Crippen LogP contribution in [-0.2, 0) is 19.0 Å². The number of fused-ring (bicyclic) bond motifs is 1. The number of ether oxygens (including phenoxy) is 3. The van der Waals surface area contributed by atoms with Crippen LogP contribution >= 0.6 is 0 Å². The summed E-state index contributed by atoms with van der Waals surface area (Å²) in [6.45, 7) is 11.6. The van der Waals surface area contributed by atoms with Gasteiger partial charge in [0.05, 0.1) is 39.5 Å². The van der Waals surface area contributed by atoms with Gasteiger partial charge >= 0.3 is 11.9 Å². The van der Waals surface area contributed by atoms with Crippen LogP contribution in [0, 0.1) is 5.82 Å². The Labute approximate surface area is 221 Å². The van der Waals surface area contributed by atoms with Crippen LogP contribution < -0.4 is 10.5 Å². The minimum absolute atomic E-state index is 0.0200. The summed E-state index contributed by atoms with van der Waals surface area (Å²) in [7, 11) is -0.456. The van der Waals surface area contributed by atoms with Crippen molar-refractivity contribution >= 4 is 47.5 Å². The van der Waals surface area contributed by atoms with Crippen LogP contribution in [0.1, 0.15) is 41.7 Å². The first kappa shape index (κ1) is 27.7. The van der Waals surface area contributed by atoms with E-state index in [0.717, 1.165) is 10.2 Å². The maximum absolute atomic E-state index is 15.3. The zero-order chi connectivity index (χ0) is 27.8. The molecule has 2 aromatic heterocycles. The molecule has 0 spiro atoms. The van der Waals surface area contributed by atoms with Gasteiger partial charge in [0, 0.05) is 12.4 Å². The quantitative estimate of drug-likeness (QED) is 0.248. The molecule has 204 valence electrons. The first-order valence-corrected chi connectivity index (χ1v) is 15.7. The molecule has 10 nitrogen and oxygen atoms in total. The molecule has 0 saturated carbocycles. The molecule has 0 aliphatic carbocycles. The van der Waals surface area contributed by atoms with Gasteiger partial charge in [0.25, 0.3) is 0 Å². The van der Waals surface area contributed by atoms with Crippen molar-refractivity contribution in [3.63, 3.8) is 0 Å². The molecule has 0 bridgehead atoms. The van der Waals surface area contributed by atoms with E-state index in [1.165, 1.54) is 25.6 Å². The van der Waals surface area contributed by atoms with Crippen molar-refractivity contribution in [2.24, 2.45) is 0 Å². The number of nitrogens with zero attached hydrogens (tertiary/aromatic N) is 2. The molecule has 3 aromatic rings. The number of hydrogen-bond donors (Lipinski definition) is 1. The predicted molar refractivity (Wildman–Crippen MR) is 141 cm³/mol. The number of nitrogens with one attached hydrogen (secondary N) is 1. The Morgan fingerprint density at radius 3 is 2.58 bits per heavy atom. The molecular formula is C26H32FN3O7Si. The number of hydrogen-bond acceptors (Lipinski definition) is 9. The van der Waals surface area contributed by atoms with Crippen LogP contribution in [-0.4, -0.2) is 62.3 Å². The lowest BCUT2D eigenvalue weighted by Crippen LogP contribution is -2.42. The van der Waals surface area contributed by atoms with Gasteiger partial charge in [-0.05, 0) is 32.9 Å². The Bertz CT molecular complexity index is 1370. The topological polar surface area (TPSA) is 112 Å². The van der Waals surface area contributed by atoms with E-state index in [-0.39, 0.29) is 46.9 Å². The highest BCUT2D eigenvalue weighted by Crippen LogP contribution is 2.37. The number of carbonyl (C=O) groups is 2. The van der Waals surface area contributed by atoms with Gasteiger partial charge in [-0.1, -0.05) is 30.9 Å². The van der Waals surface area contributed by atoms with E-state index in [0.29, 0.717) is 0 Å². The van der Waals surface area contributed by atoms with Gasteiger partial charge in [0.15, 0.2) is 17.6 Å². The minimum Gasteiger partial charge on any atom is -0.462 e. The number of hydroxylamine groups is 2. The van der Waals surface area contributed by atoms with Gasteiger partial charge in [0.2, 0.25) is 5.76 Å². The van der Waals surface area contributed by atoms with Gasteiger partial charge in [-0.25, -0.2) is 9.18 Å². The van der Waals surface area contributed by atoms with E-state index >= 15 is 4.39 Å². The number of pyridine rings is 1. The van der Waals surface area contributed by atoms with Crippen LogP contribution in [0.5, 0.6) is 0 Å². The molecular weight excluding hydrogens is 513 g/mol. The van der Waals surface area contributed by atoms with Crippen molar-refractivity contribution < 1.29 is 37.4 Å². The number of anilines is 2. The second-order valence-corrected chi connectivity index (χ2v) is 15.3. The van der Waals surface area contributed by atoms with Crippen molar-refractivity contribution in [1.29, 1.82) is 0 Å². The lowest BCUT2D eigenvalue weighted by Gasteiger charge is -2.25. The molecule has 1 aliphatic rings. The third-order valence-corrected chi connectivity index (χ3v) is 8.08. The normalized spacial score (nSPS) is 17.0. The van der Waals surface area contributed by atoms with E-state index < -0.39 is 37.8 Å². The first-order chi connectivity index (χ1) is 17.9. The average Bonchev–Trinajstić information content (AvgIpc) is 3.39. The van der Waals surface area contributed by atoms with Gasteiger partial charge in [-0.2, -0.15) is 5.06 Å². The smallest absolute Gasteiger partial charge is 0.343 e. The highest BCUT2D eigenvalue weighted by Gasteiger charge is 2.41. The highest BCUT2D eigenvalue weighted by molar-refractivity contribution is 6.88. The van der Waals surface area contributed by atoms with Crippen LogP contribution in [0.3, 0.4) is 0 Å². The molecule has 1 aromatic carbocycles. The number of amides is 1. The van der Waals surface area contributed by atoms with Gasteiger partial charge in [0.1, 0.15) is 17.1 Å². The summed E-state index contributed by atoms with van der Waals surface area (Å²) >= 11 is 0. The summed E-state index contributed by atoms with van der Waals surface area (Å²) < 4.78 is 37.7. The van der Waals surface area contributed by atoms with Crippen LogP contribution in [0.15, 0.2) is 35.0 Å². The molecule has 0 radical (unpaired) electrons. The number of aromatic nitrogens is 1. The maximum atomic E-state index is 15.3. The SMILES string of the molecule is CCOC(=O)c1cncc2c(Nc3ccc([Si](C)(C)C)cc3F)c(C(=O)N(OC)[C@H]3COC(C)(C)O3)oc12. The van der Waals surface area contributed by atoms with Crippen LogP contribution in [0.25, 0.3) is 11.0 Å². The molecule has 1 N–H and O–H groups in total. The molecule has 1 amide bonds. The molecule has 1 aliphatic heterocycles. The summed E-state index contributed by atoms with van der Waals surface area (Å²) in [6, 6.07) is 4.97. The largest absolute Gasteiger partial charge is 0.462 e. The monoisotopic (exact) mass is 545 g/mol. The molecule has 3 heterocycles. The molecule has 1 fully saturated rings. The van der Waals surface area contributed by atoms with Gasteiger partial charge in [-0.3, -0.25) is 14.6 Å². The summed E-state index contributed by atoms with van der Waals surface area (Å²) in [5.41, 5.74) is 0.314. The fraction of sp³-hybridized carbons (Fsp3) is 0.423. The molecule has 12 heteroatoms. The molecule has 4 rings (SSSR count). The van der Waals surface area contributed by atoms with E-state index in [9.17, 15) is 9.59 Å². The third-order valence-electron chi connectivity index (χ3n) is 6.03. The average molecular weight is 546 g/mol. The Hall–Kier alpha value is -3.32. The zero-order valence-corrected chi connectivity index (χ0v) is 23.5. The molecule has 1 atom stereocenters. The number of furan rings is 1. The summed E-state index contributed by atoms with van der Waals surface area (Å²) in [4.78, 5) is 35.8. The number of carbonyl (C=O) groups excluding carboxylic acids is 2. The maximum Gasteiger partial charge on any atom is 0.343 e. The second kappa shape index (κ2) is 10.4. The first-order valence-electron chi connectivity index (χ1n) is 12.2. The Morgan fingerprint density at radius 2 is 2.00 bits per heavy atom. The van der Waals surface area contributed by atoms with E-state index in [4.69, 9.17) is 23.5 Å². The predicted octanol–water partition coefficient (Wildman–Crippen LogP) is 4.55. The van der Waals surface area contributed by atoms with Crippen LogP contribution in [0.2, 0.25) is 19.6 Å². The Kier molecular flexibility index (Phi) is 7.61. The van der Waals surface area contributed by atoms with Crippen molar-refractivity contribution in [2.45, 2.75) is 52.4 Å². The fourth-order valence-electron chi connectivity index (χ4n) is 4.07. The van der Waals surface area contributed by atoms with Crippen molar-refractivity contribution in [3.8, 4) is 0 Å². The van der Waals surface area contributed by atoms with Crippen molar-refractivity contribution in [1.82, 2.24) is 10.0 Å². The summed E-state index contributed by atoms with van der Waals surface area (Å²) in [5, 5.41) is 5.18. The standard InChI is InChI=1S/C26H32FN3O7Si/c1-8-34-25(32)17-13-28-12-16-21(29-19-10-9-15(11-18(19)27)38(5,6)7)23(36-22(16)17)24(31)30(33-4)20-14-35-26(2,3)37-20/h9-13,20,29H,8,14H2,1-7H3/t20-/m1/s1. The zero-order valence-electron chi connectivity index (χ0n) is 22.5.